The van der Waals surface area contributed by atoms with Crippen molar-refractivity contribution < 1.29 is 31.0 Å². The number of anilines is 1. The van der Waals surface area contributed by atoms with E-state index in [9.17, 15) is 31.0 Å². The van der Waals surface area contributed by atoms with E-state index in [1.165, 1.54) is 6.07 Å². The summed E-state index contributed by atoms with van der Waals surface area (Å²) in [5.41, 5.74) is 4.98. The first kappa shape index (κ1) is 18.4. The standard InChI is InChI=1S/C10H9NO7S2.Ca/c11-8-2-1-6-7(10(8)20(16,17)18)3-5(4-9(6)12)19(13,14)15;/h1-4,12H,11H2,(H,13,14,15)(H,16,17,18);/q;+2/p-2. The van der Waals surface area contributed by atoms with E-state index in [0.29, 0.717) is 12.1 Å². The van der Waals surface area contributed by atoms with Gasteiger partial charge in [-0.1, -0.05) is 0 Å². The van der Waals surface area contributed by atoms with E-state index in [0.717, 1.165) is 6.07 Å². The number of nitrogens with two attached hydrogens (primary N) is 1. The second-order valence-electron chi connectivity index (χ2n) is 3.93. The van der Waals surface area contributed by atoms with E-state index in [2.05, 4.69) is 0 Å². The normalized spacial score (nSPS) is 12.1. The summed E-state index contributed by atoms with van der Waals surface area (Å²) in [5, 5.41) is 9.12. The van der Waals surface area contributed by atoms with Crippen LogP contribution in [0.3, 0.4) is 0 Å². The number of rotatable bonds is 2. The molecule has 2 aromatic carbocycles. The van der Waals surface area contributed by atoms with Crippen LogP contribution in [0, 0.1) is 0 Å². The van der Waals surface area contributed by atoms with Crippen molar-refractivity contribution in [3.8, 4) is 5.75 Å². The number of hydrogen-bond donors (Lipinski definition) is 2. The first-order valence-corrected chi connectivity index (χ1v) is 7.80. The first-order valence-electron chi connectivity index (χ1n) is 4.99. The van der Waals surface area contributed by atoms with Crippen LogP contribution in [0.15, 0.2) is 34.1 Å². The Labute approximate surface area is 150 Å². The van der Waals surface area contributed by atoms with Gasteiger partial charge in [-0.2, -0.15) is 0 Å². The topological polar surface area (TPSA) is 161 Å². The maximum Gasteiger partial charge on any atom is 2.00 e. The van der Waals surface area contributed by atoms with Gasteiger partial charge < -0.3 is 19.9 Å². The predicted octanol–water partition coefficient (Wildman–Crippen LogP) is -0.445. The Kier molecular flexibility index (Phi) is 5.16. The van der Waals surface area contributed by atoms with Crippen LogP contribution in [0.5, 0.6) is 5.75 Å². The molecule has 8 nitrogen and oxygen atoms in total. The van der Waals surface area contributed by atoms with Gasteiger partial charge in [-0.25, -0.2) is 16.8 Å². The number of phenols is 1. The summed E-state index contributed by atoms with van der Waals surface area (Å²) < 4.78 is 66.4. The molecule has 0 amide bonds. The zero-order chi connectivity index (χ0) is 15.3. The predicted molar refractivity (Wildman–Crippen MR) is 71.7 cm³/mol. The first-order chi connectivity index (χ1) is 9.01. The molecule has 0 aliphatic carbocycles. The molecule has 0 radical (unpaired) electrons. The fourth-order valence-electron chi connectivity index (χ4n) is 1.80. The molecule has 0 fully saturated rings. The van der Waals surface area contributed by atoms with Crippen molar-refractivity contribution >= 4 is 74.4 Å². The van der Waals surface area contributed by atoms with Crippen LogP contribution < -0.4 is 5.73 Å². The molecule has 2 aromatic rings. The third-order valence-corrected chi connectivity index (χ3v) is 4.38. The fraction of sp³-hybridized carbons (Fsp3) is 0. The molecule has 0 aromatic heterocycles. The molecule has 2 rings (SSSR count). The van der Waals surface area contributed by atoms with Gasteiger partial charge in [0.25, 0.3) is 0 Å². The number of phenolic OH excluding ortho intramolecular Hbond substituents is 1. The van der Waals surface area contributed by atoms with Gasteiger partial charge >= 0.3 is 37.7 Å². The molecule has 0 heterocycles. The van der Waals surface area contributed by atoms with Crippen LogP contribution >= 0.6 is 0 Å². The monoisotopic (exact) mass is 357 g/mol. The Balaban J connectivity index is 0.00000220. The maximum atomic E-state index is 11.2. The summed E-state index contributed by atoms with van der Waals surface area (Å²) in [6.45, 7) is 0. The maximum absolute atomic E-state index is 11.2. The number of aromatic hydroxyl groups is 1. The van der Waals surface area contributed by atoms with E-state index in [1.807, 2.05) is 0 Å². The number of nitrogen functional groups attached to an aromatic ring is 1. The largest absolute Gasteiger partial charge is 2.00 e. The smallest absolute Gasteiger partial charge is 0.744 e. The van der Waals surface area contributed by atoms with Gasteiger partial charge in [0.1, 0.15) is 26.0 Å². The van der Waals surface area contributed by atoms with Crippen molar-refractivity contribution in [2.45, 2.75) is 9.79 Å². The van der Waals surface area contributed by atoms with Gasteiger partial charge in [-0.05, 0) is 24.3 Å². The average Bonchev–Trinajstić information content (AvgIpc) is 2.24. The molecule has 0 atom stereocenters. The second kappa shape index (κ2) is 5.88. The van der Waals surface area contributed by atoms with Gasteiger partial charge in [0.05, 0.1) is 9.79 Å². The van der Waals surface area contributed by atoms with E-state index >= 15 is 0 Å². The van der Waals surface area contributed by atoms with Crippen LogP contribution in [0.4, 0.5) is 5.69 Å². The third-order valence-electron chi connectivity index (χ3n) is 2.61. The quantitative estimate of drug-likeness (QED) is 0.415. The molecule has 0 saturated carbocycles. The Morgan fingerprint density at radius 2 is 1.52 bits per heavy atom. The molecule has 0 unspecified atom stereocenters. The molecule has 3 N–H and O–H groups in total. The molecular formula is C10H7CaNO7S2. The summed E-state index contributed by atoms with van der Waals surface area (Å²) in [4.78, 5) is -1.74. The Morgan fingerprint density at radius 3 is 2.00 bits per heavy atom. The molecule has 0 aliphatic rings. The van der Waals surface area contributed by atoms with E-state index in [1.54, 1.807) is 0 Å². The minimum Gasteiger partial charge on any atom is -0.744 e. The van der Waals surface area contributed by atoms with Crippen molar-refractivity contribution in [1.29, 1.82) is 0 Å². The van der Waals surface area contributed by atoms with E-state index < -0.39 is 46.9 Å². The molecule has 0 bridgehead atoms. The summed E-state index contributed by atoms with van der Waals surface area (Å²) in [6.07, 6.45) is 0. The molecule has 11 heteroatoms. The van der Waals surface area contributed by atoms with Gasteiger partial charge in [-0.15, -0.1) is 0 Å². The summed E-state index contributed by atoms with van der Waals surface area (Å²) in [6, 6.07) is 3.65. The second-order valence-corrected chi connectivity index (χ2v) is 6.63. The van der Waals surface area contributed by atoms with Crippen molar-refractivity contribution in [2.75, 3.05) is 5.73 Å². The van der Waals surface area contributed by atoms with Gasteiger partial charge in [0.2, 0.25) is 0 Å². The summed E-state index contributed by atoms with van der Waals surface area (Å²) in [7, 11) is -9.96. The van der Waals surface area contributed by atoms with Crippen LogP contribution in [-0.2, 0) is 20.2 Å². The van der Waals surface area contributed by atoms with Crippen molar-refractivity contribution in [2.24, 2.45) is 0 Å². The van der Waals surface area contributed by atoms with Crippen molar-refractivity contribution in [1.82, 2.24) is 0 Å². The van der Waals surface area contributed by atoms with Crippen LogP contribution in [0.1, 0.15) is 0 Å². The third kappa shape index (κ3) is 3.59. The van der Waals surface area contributed by atoms with Gasteiger partial charge in [-0.3, -0.25) is 0 Å². The van der Waals surface area contributed by atoms with Crippen molar-refractivity contribution in [3.63, 3.8) is 0 Å². The van der Waals surface area contributed by atoms with Crippen LogP contribution in [0.25, 0.3) is 10.8 Å². The van der Waals surface area contributed by atoms with Crippen LogP contribution in [0.2, 0.25) is 0 Å². The minimum atomic E-state index is -5.02. The zero-order valence-corrected chi connectivity index (χ0v) is 14.1. The fourth-order valence-corrected chi connectivity index (χ4v) is 3.12. The Bertz CT molecular complexity index is 922. The van der Waals surface area contributed by atoms with E-state index in [-0.39, 0.29) is 43.1 Å². The minimum absolute atomic E-state index is 0. The molecule has 0 aliphatic heterocycles. The average molecular weight is 357 g/mol. The van der Waals surface area contributed by atoms with Crippen LogP contribution in [-0.4, -0.2) is 68.8 Å². The van der Waals surface area contributed by atoms with Gasteiger partial charge in [0, 0.05) is 16.5 Å². The number of fused-ring (bicyclic) bond motifs is 1. The van der Waals surface area contributed by atoms with E-state index in [4.69, 9.17) is 5.73 Å². The summed E-state index contributed by atoms with van der Waals surface area (Å²) in [5.74, 6) is -0.651. The molecule has 21 heavy (non-hydrogen) atoms. The molecule has 0 spiro atoms. The Hall–Kier alpha value is -0.620. The number of benzene rings is 2. The Morgan fingerprint density at radius 1 is 0.952 bits per heavy atom. The summed E-state index contributed by atoms with van der Waals surface area (Å²) >= 11 is 0. The number of hydrogen-bond acceptors (Lipinski definition) is 8. The zero-order valence-electron chi connectivity index (χ0n) is 10.3. The molecular weight excluding hydrogens is 350 g/mol. The molecule has 0 saturated heterocycles. The van der Waals surface area contributed by atoms with Gasteiger partial charge in [0.15, 0.2) is 0 Å². The molecule has 108 valence electrons. The SMILES string of the molecule is Nc1ccc2c(O)cc(S(=O)(=O)[O-])cc2c1S(=O)(=O)[O-].[Ca+2]. The van der Waals surface area contributed by atoms with Crippen molar-refractivity contribution in [3.05, 3.63) is 24.3 Å².